The fraction of sp³-hybridized carbons (Fsp3) is 0.857. The molecular weight excluding hydrogens is 292 g/mol. The zero-order valence-corrected chi connectivity index (χ0v) is 13.6. The van der Waals surface area contributed by atoms with E-state index in [0.29, 0.717) is 38.8 Å². The van der Waals surface area contributed by atoms with E-state index in [-0.39, 0.29) is 35.3 Å². The number of carbonyl (C=O) groups is 2. The summed E-state index contributed by atoms with van der Waals surface area (Å²) in [5, 5.41) is 0. The maximum Gasteiger partial charge on any atom is 0.225 e. The van der Waals surface area contributed by atoms with Crippen LogP contribution in [0.3, 0.4) is 0 Å². The Morgan fingerprint density at radius 3 is 2.29 bits per heavy atom. The molecule has 21 heavy (non-hydrogen) atoms. The summed E-state index contributed by atoms with van der Waals surface area (Å²) in [5.41, 5.74) is 0. The van der Waals surface area contributed by atoms with Crippen molar-refractivity contribution in [2.45, 2.75) is 38.6 Å². The molecule has 0 aromatic rings. The van der Waals surface area contributed by atoms with Crippen LogP contribution in [0.2, 0.25) is 0 Å². The van der Waals surface area contributed by atoms with E-state index < -0.39 is 9.84 Å². The molecule has 0 bridgehead atoms. The van der Waals surface area contributed by atoms with Gasteiger partial charge >= 0.3 is 0 Å². The molecule has 120 valence electrons. The second-order valence-corrected chi connectivity index (χ2v) is 8.24. The Labute approximate surface area is 126 Å². The monoisotopic (exact) mass is 316 g/mol. The van der Waals surface area contributed by atoms with Crippen molar-refractivity contribution in [3.8, 4) is 0 Å². The molecule has 0 spiro atoms. The predicted octanol–water partition coefficient (Wildman–Crippen LogP) is 0.281. The summed E-state index contributed by atoms with van der Waals surface area (Å²) in [6.45, 7) is 3.09. The van der Waals surface area contributed by atoms with Gasteiger partial charge in [-0.15, -0.1) is 0 Å². The van der Waals surface area contributed by atoms with Crippen LogP contribution in [0.4, 0.5) is 0 Å². The number of amides is 2. The third kappa shape index (κ3) is 3.75. The van der Waals surface area contributed by atoms with Crippen molar-refractivity contribution in [1.29, 1.82) is 0 Å². The first-order valence-corrected chi connectivity index (χ1v) is 9.41. The Kier molecular flexibility index (Phi) is 4.91. The normalized spacial score (nSPS) is 25.8. The van der Waals surface area contributed by atoms with Crippen molar-refractivity contribution >= 4 is 21.7 Å². The molecule has 0 saturated carbocycles. The Morgan fingerprint density at radius 1 is 1.19 bits per heavy atom. The SMILES string of the molecule is CCC(=O)N1CCC(C(=O)N(C)C2CCS(=O)(=O)C2)CC1. The molecule has 0 radical (unpaired) electrons. The van der Waals surface area contributed by atoms with Gasteiger partial charge in [0.25, 0.3) is 0 Å². The van der Waals surface area contributed by atoms with Crippen LogP contribution >= 0.6 is 0 Å². The topological polar surface area (TPSA) is 74.8 Å². The average molecular weight is 316 g/mol. The van der Waals surface area contributed by atoms with Crippen LogP contribution < -0.4 is 0 Å². The number of likely N-dealkylation sites (tertiary alicyclic amines) is 1. The highest BCUT2D eigenvalue weighted by molar-refractivity contribution is 7.91. The quantitative estimate of drug-likeness (QED) is 0.749. The van der Waals surface area contributed by atoms with E-state index in [2.05, 4.69) is 0 Å². The lowest BCUT2D eigenvalue weighted by Crippen LogP contribution is -2.46. The number of rotatable bonds is 3. The summed E-state index contributed by atoms with van der Waals surface area (Å²) < 4.78 is 23.0. The molecule has 2 aliphatic heterocycles. The van der Waals surface area contributed by atoms with Gasteiger partial charge in [-0.05, 0) is 19.3 Å². The molecular formula is C14H24N2O4S. The van der Waals surface area contributed by atoms with Gasteiger partial charge in [-0.1, -0.05) is 6.92 Å². The smallest absolute Gasteiger partial charge is 0.225 e. The van der Waals surface area contributed by atoms with Crippen LogP contribution in [0.5, 0.6) is 0 Å². The number of sulfone groups is 1. The number of piperidine rings is 1. The van der Waals surface area contributed by atoms with Crippen molar-refractivity contribution in [2.24, 2.45) is 5.92 Å². The van der Waals surface area contributed by atoms with Gasteiger partial charge in [-0.25, -0.2) is 8.42 Å². The van der Waals surface area contributed by atoms with Crippen molar-refractivity contribution in [3.63, 3.8) is 0 Å². The van der Waals surface area contributed by atoms with Crippen LogP contribution in [-0.2, 0) is 19.4 Å². The largest absolute Gasteiger partial charge is 0.343 e. The van der Waals surface area contributed by atoms with Crippen LogP contribution in [0, 0.1) is 5.92 Å². The third-order valence-corrected chi connectivity index (χ3v) is 6.35. The molecule has 0 aromatic heterocycles. The molecule has 2 heterocycles. The van der Waals surface area contributed by atoms with Gasteiger partial charge in [-0.3, -0.25) is 9.59 Å². The van der Waals surface area contributed by atoms with E-state index in [1.807, 2.05) is 11.8 Å². The molecule has 0 aliphatic carbocycles. The molecule has 0 N–H and O–H groups in total. The van der Waals surface area contributed by atoms with E-state index >= 15 is 0 Å². The van der Waals surface area contributed by atoms with Crippen LogP contribution in [-0.4, -0.2) is 67.7 Å². The number of carbonyl (C=O) groups excluding carboxylic acids is 2. The minimum absolute atomic E-state index is 0.0284. The van der Waals surface area contributed by atoms with Crippen LogP contribution in [0.1, 0.15) is 32.6 Å². The molecule has 1 unspecified atom stereocenters. The van der Waals surface area contributed by atoms with E-state index in [4.69, 9.17) is 0 Å². The van der Waals surface area contributed by atoms with Gasteiger partial charge < -0.3 is 9.80 Å². The summed E-state index contributed by atoms with van der Waals surface area (Å²) >= 11 is 0. The highest BCUT2D eigenvalue weighted by Crippen LogP contribution is 2.23. The first kappa shape index (κ1) is 16.3. The third-order valence-electron chi connectivity index (χ3n) is 4.60. The van der Waals surface area contributed by atoms with Gasteiger partial charge in [-0.2, -0.15) is 0 Å². The zero-order chi connectivity index (χ0) is 15.6. The molecule has 2 rings (SSSR count). The van der Waals surface area contributed by atoms with Crippen molar-refractivity contribution in [2.75, 3.05) is 31.6 Å². The average Bonchev–Trinajstić information content (AvgIpc) is 2.85. The fourth-order valence-electron chi connectivity index (χ4n) is 3.15. The van der Waals surface area contributed by atoms with Crippen molar-refractivity contribution in [1.82, 2.24) is 9.80 Å². The van der Waals surface area contributed by atoms with Gasteiger partial charge in [0.05, 0.1) is 11.5 Å². The maximum atomic E-state index is 12.5. The molecule has 2 fully saturated rings. The predicted molar refractivity (Wildman–Crippen MR) is 79.4 cm³/mol. The summed E-state index contributed by atoms with van der Waals surface area (Å²) in [4.78, 5) is 27.5. The fourth-order valence-corrected chi connectivity index (χ4v) is 4.92. The summed E-state index contributed by atoms with van der Waals surface area (Å²) in [6, 6.07) is -0.183. The van der Waals surface area contributed by atoms with Crippen LogP contribution in [0.25, 0.3) is 0 Å². The lowest BCUT2D eigenvalue weighted by Gasteiger charge is -2.34. The maximum absolute atomic E-state index is 12.5. The lowest BCUT2D eigenvalue weighted by molar-refractivity contribution is -0.140. The zero-order valence-electron chi connectivity index (χ0n) is 12.7. The molecule has 2 aliphatic rings. The molecule has 2 amide bonds. The summed E-state index contributed by atoms with van der Waals surface area (Å²) in [7, 11) is -1.27. The number of nitrogens with zero attached hydrogens (tertiary/aromatic N) is 2. The van der Waals surface area contributed by atoms with Crippen molar-refractivity contribution in [3.05, 3.63) is 0 Å². The summed E-state index contributed by atoms with van der Waals surface area (Å²) in [6.07, 6.45) is 2.39. The Hall–Kier alpha value is -1.11. The minimum Gasteiger partial charge on any atom is -0.343 e. The number of hydrogen-bond donors (Lipinski definition) is 0. The second-order valence-electron chi connectivity index (χ2n) is 6.01. The van der Waals surface area contributed by atoms with E-state index in [1.54, 1.807) is 11.9 Å². The van der Waals surface area contributed by atoms with Gasteiger partial charge in [0.2, 0.25) is 11.8 Å². The molecule has 7 heteroatoms. The standard InChI is InChI=1S/C14H24N2O4S/c1-3-13(17)16-7-4-11(5-8-16)14(18)15(2)12-6-9-21(19,20)10-12/h11-12H,3-10H2,1-2H3. The van der Waals surface area contributed by atoms with E-state index in [1.165, 1.54) is 0 Å². The summed E-state index contributed by atoms with van der Waals surface area (Å²) in [5.74, 6) is 0.345. The van der Waals surface area contributed by atoms with Gasteiger partial charge in [0, 0.05) is 38.5 Å². The van der Waals surface area contributed by atoms with Crippen molar-refractivity contribution < 1.29 is 18.0 Å². The van der Waals surface area contributed by atoms with E-state index in [0.717, 1.165) is 0 Å². The van der Waals surface area contributed by atoms with Gasteiger partial charge in [0.1, 0.15) is 0 Å². The number of hydrogen-bond acceptors (Lipinski definition) is 4. The lowest BCUT2D eigenvalue weighted by atomic mass is 9.94. The second kappa shape index (κ2) is 6.34. The molecule has 2 saturated heterocycles. The first-order chi connectivity index (χ1) is 9.84. The Balaban J connectivity index is 1.88. The Morgan fingerprint density at radius 2 is 1.81 bits per heavy atom. The van der Waals surface area contributed by atoms with Crippen LogP contribution in [0.15, 0.2) is 0 Å². The molecule has 0 aromatic carbocycles. The highest BCUT2D eigenvalue weighted by atomic mass is 32.2. The van der Waals surface area contributed by atoms with Gasteiger partial charge in [0.15, 0.2) is 9.84 Å². The molecule has 1 atom stereocenters. The first-order valence-electron chi connectivity index (χ1n) is 7.59. The van der Waals surface area contributed by atoms with E-state index in [9.17, 15) is 18.0 Å². The highest BCUT2D eigenvalue weighted by Gasteiger charge is 2.36. The minimum atomic E-state index is -2.97. The Bertz CT molecular complexity index is 509. The molecule has 6 nitrogen and oxygen atoms in total.